The third-order valence-corrected chi connectivity index (χ3v) is 8.01. The normalized spacial score (nSPS) is 23.5. The number of halogens is 2. The highest BCUT2D eigenvalue weighted by Gasteiger charge is 2.49. The molecular formula is C27H23F2N5O2. The fourth-order valence-electron chi connectivity index (χ4n) is 5.88. The second kappa shape index (κ2) is 7.96. The minimum atomic E-state index is -0.657. The van der Waals surface area contributed by atoms with Crippen LogP contribution in [0.4, 0.5) is 8.78 Å². The maximum Gasteiger partial charge on any atom is 0.247 e. The molecule has 4 aromatic rings. The number of aliphatic hydroxyl groups excluding tert-OH is 1. The standard InChI is InChI=1S/C27H23F2N5O2/c28-17-2-1-3-18(29)23(17)19-10-16-14-6-8-27(9-7-14,25(16)34-33-19)22-12-30-11-20(31-22)26-32-21(13-36-26)24(35)15-4-5-15/h1-3,10-15,24,35H,4-9H2/t14-,24-,27+/m0/s1. The van der Waals surface area contributed by atoms with Crippen LogP contribution in [-0.2, 0) is 5.41 Å². The van der Waals surface area contributed by atoms with Gasteiger partial charge in [-0.15, -0.1) is 5.10 Å². The maximum atomic E-state index is 14.4. The van der Waals surface area contributed by atoms with E-state index >= 15 is 0 Å². The molecule has 1 aromatic carbocycles. The molecule has 9 heteroatoms. The lowest BCUT2D eigenvalue weighted by molar-refractivity contribution is 0.149. The molecule has 36 heavy (non-hydrogen) atoms. The highest BCUT2D eigenvalue weighted by molar-refractivity contribution is 5.62. The SMILES string of the molecule is O[C@H](c1coc(-c2cncc([C@]34CC[C@H](CC3)c3cc(-c5c(F)cccc5F)nnc34)n2)n1)C1CC1. The van der Waals surface area contributed by atoms with Crippen LogP contribution in [-0.4, -0.2) is 30.3 Å². The molecule has 4 aliphatic carbocycles. The Morgan fingerprint density at radius 1 is 0.972 bits per heavy atom. The van der Waals surface area contributed by atoms with Crippen LogP contribution < -0.4 is 0 Å². The molecule has 0 saturated heterocycles. The van der Waals surface area contributed by atoms with Crippen LogP contribution in [0.5, 0.6) is 0 Å². The first-order chi connectivity index (χ1) is 17.5. The predicted octanol–water partition coefficient (Wildman–Crippen LogP) is 5.27. The van der Waals surface area contributed by atoms with Crippen LogP contribution in [0.25, 0.3) is 22.8 Å². The van der Waals surface area contributed by atoms with Gasteiger partial charge in [0.05, 0.1) is 34.3 Å². The summed E-state index contributed by atoms with van der Waals surface area (Å²) in [5.41, 5.74) is 3.08. The van der Waals surface area contributed by atoms with Gasteiger partial charge in [0.15, 0.2) is 0 Å². The Morgan fingerprint density at radius 2 is 1.75 bits per heavy atom. The van der Waals surface area contributed by atoms with Gasteiger partial charge >= 0.3 is 0 Å². The molecule has 4 aliphatic rings. The van der Waals surface area contributed by atoms with Crippen molar-refractivity contribution < 1.29 is 18.3 Å². The summed E-state index contributed by atoms with van der Waals surface area (Å²) in [6, 6.07) is 5.59. The van der Waals surface area contributed by atoms with E-state index in [0.29, 0.717) is 17.3 Å². The summed E-state index contributed by atoms with van der Waals surface area (Å²) in [7, 11) is 0. The molecule has 182 valence electrons. The van der Waals surface area contributed by atoms with E-state index in [0.717, 1.165) is 55.5 Å². The highest BCUT2D eigenvalue weighted by Crippen LogP contribution is 2.55. The average molecular weight is 488 g/mol. The van der Waals surface area contributed by atoms with E-state index in [1.54, 1.807) is 18.5 Å². The largest absolute Gasteiger partial charge is 0.443 e. The lowest BCUT2D eigenvalue weighted by atomic mass is 9.58. The minimum Gasteiger partial charge on any atom is -0.443 e. The molecule has 2 saturated carbocycles. The Bertz CT molecular complexity index is 1460. The molecule has 8 rings (SSSR count). The Labute approximate surface area is 205 Å². The van der Waals surface area contributed by atoms with Gasteiger partial charge in [-0.2, -0.15) is 5.10 Å². The summed E-state index contributed by atoms with van der Waals surface area (Å²) < 4.78 is 34.5. The quantitative estimate of drug-likeness (QED) is 0.410. The molecule has 7 nitrogen and oxygen atoms in total. The van der Waals surface area contributed by atoms with Gasteiger partial charge in [-0.05, 0) is 74.1 Å². The molecule has 1 atom stereocenters. The zero-order valence-corrected chi connectivity index (χ0v) is 19.4. The van der Waals surface area contributed by atoms with Crippen molar-refractivity contribution in [2.24, 2.45) is 5.92 Å². The summed E-state index contributed by atoms with van der Waals surface area (Å²) in [4.78, 5) is 13.8. The van der Waals surface area contributed by atoms with Crippen LogP contribution in [0.15, 0.2) is 47.3 Å². The number of fused-ring (bicyclic) bond motifs is 2. The molecule has 0 unspecified atom stereocenters. The van der Waals surface area contributed by atoms with E-state index in [2.05, 4.69) is 20.2 Å². The summed E-state index contributed by atoms with van der Waals surface area (Å²) in [5, 5.41) is 19.2. The fraction of sp³-hybridized carbons (Fsp3) is 0.370. The van der Waals surface area contributed by atoms with Crippen LogP contribution >= 0.6 is 0 Å². The second-order valence-corrected chi connectivity index (χ2v) is 10.1. The Morgan fingerprint density at radius 3 is 2.50 bits per heavy atom. The average Bonchev–Trinajstić information content (AvgIpc) is 3.65. The Hall–Kier alpha value is -3.59. The van der Waals surface area contributed by atoms with Crippen LogP contribution in [0.2, 0.25) is 0 Å². The molecule has 2 fully saturated rings. The first-order valence-electron chi connectivity index (χ1n) is 12.3. The van der Waals surface area contributed by atoms with E-state index < -0.39 is 23.2 Å². The molecule has 1 N–H and O–H groups in total. The molecule has 0 spiro atoms. The van der Waals surface area contributed by atoms with E-state index in [4.69, 9.17) is 9.40 Å². The van der Waals surface area contributed by atoms with Gasteiger partial charge in [-0.3, -0.25) is 4.98 Å². The smallest absolute Gasteiger partial charge is 0.247 e. The lowest BCUT2D eigenvalue weighted by Crippen LogP contribution is -2.41. The zero-order chi connectivity index (χ0) is 24.4. The van der Waals surface area contributed by atoms with Gasteiger partial charge in [0.25, 0.3) is 0 Å². The van der Waals surface area contributed by atoms with Crippen molar-refractivity contribution in [2.75, 3.05) is 0 Å². The first kappa shape index (κ1) is 21.7. The van der Waals surface area contributed by atoms with Crippen molar-refractivity contribution in [3.05, 3.63) is 77.2 Å². The molecule has 3 aromatic heterocycles. The number of hydrogen-bond acceptors (Lipinski definition) is 7. The van der Waals surface area contributed by atoms with Crippen molar-refractivity contribution in [1.29, 1.82) is 0 Å². The number of benzene rings is 1. The number of aromatic nitrogens is 5. The van der Waals surface area contributed by atoms with E-state index in [9.17, 15) is 13.9 Å². The van der Waals surface area contributed by atoms with Gasteiger partial charge in [0.2, 0.25) is 5.89 Å². The number of oxazole rings is 1. The van der Waals surface area contributed by atoms with Crippen LogP contribution in [0.3, 0.4) is 0 Å². The van der Waals surface area contributed by atoms with Gasteiger partial charge in [-0.25, -0.2) is 18.7 Å². The topological polar surface area (TPSA) is 97.8 Å². The van der Waals surface area contributed by atoms with Crippen molar-refractivity contribution >= 4 is 0 Å². The van der Waals surface area contributed by atoms with E-state index in [1.165, 1.54) is 24.5 Å². The fourth-order valence-corrected chi connectivity index (χ4v) is 5.88. The van der Waals surface area contributed by atoms with Crippen molar-refractivity contribution in [2.45, 2.75) is 56.0 Å². The summed E-state index contributed by atoms with van der Waals surface area (Å²) in [6.45, 7) is 0. The molecule has 0 radical (unpaired) electrons. The van der Waals surface area contributed by atoms with Crippen molar-refractivity contribution in [3.63, 3.8) is 0 Å². The van der Waals surface area contributed by atoms with Crippen LogP contribution in [0.1, 0.15) is 73.2 Å². The Kier molecular flexibility index (Phi) is 4.79. The number of hydrogen-bond donors (Lipinski definition) is 1. The second-order valence-electron chi connectivity index (χ2n) is 10.1. The van der Waals surface area contributed by atoms with Gasteiger partial charge < -0.3 is 9.52 Å². The molecule has 2 bridgehead atoms. The summed E-state index contributed by atoms with van der Waals surface area (Å²) in [5.74, 6) is -0.488. The van der Waals surface area contributed by atoms with Crippen molar-refractivity contribution in [3.8, 4) is 22.8 Å². The number of rotatable bonds is 5. The molecular weight excluding hydrogens is 464 g/mol. The highest BCUT2D eigenvalue weighted by atomic mass is 19.1. The van der Waals surface area contributed by atoms with E-state index in [1.807, 2.05) is 0 Å². The predicted molar refractivity (Wildman–Crippen MR) is 125 cm³/mol. The molecule has 3 heterocycles. The molecule has 0 aliphatic heterocycles. The number of nitrogens with zero attached hydrogens (tertiary/aromatic N) is 5. The zero-order valence-electron chi connectivity index (χ0n) is 19.4. The van der Waals surface area contributed by atoms with E-state index in [-0.39, 0.29) is 23.1 Å². The summed E-state index contributed by atoms with van der Waals surface area (Å²) in [6.07, 6.45) is 9.70. The monoisotopic (exact) mass is 487 g/mol. The molecule has 0 amide bonds. The minimum absolute atomic E-state index is 0.154. The first-order valence-corrected chi connectivity index (χ1v) is 12.3. The maximum absolute atomic E-state index is 14.4. The third kappa shape index (κ3) is 3.29. The van der Waals surface area contributed by atoms with Gasteiger partial charge in [0, 0.05) is 6.20 Å². The van der Waals surface area contributed by atoms with Gasteiger partial charge in [0.1, 0.15) is 35.4 Å². The number of aliphatic hydroxyl groups is 1. The third-order valence-electron chi connectivity index (χ3n) is 8.01. The lowest BCUT2D eigenvalue weighted by Gasteiger charge is -2.46. The summed E-state index contributed by atoms with van der Waals surface area (Å²) >= 11 is 0. The van der Waals surface area contributed by atoms with Crippen LogP contribution in [0, 0.1) is 17.6 Å². The Balaban J connectivity index is 1.28. The van der Waals surface area contributed by atoms with Crippen molar-refractivity contribution in [1.82, 2.24) is 25.1 Å². The van der Waals surface area contributed by atoms with Gasteiger partial charge in [-0.1, -0.05) is 6.07 Å².